The molecule has 3 rings (SSSR count). The van der Waals surface area contributed by atoms with E-state index in [0.717, 1.165) is 0 Å². The first-order valence-electron chi connectivity index (χ1n) is 7.06. The number of nitrogens with one attached hydrogen (secondary N) is 2. The van der Waals surface area contributed by atoms with Gasteiger partial charge in [0.1, 0.15) is 5.76 Å². The van der Waals surface area contributed by atoms with E-state index in [9.17, 15) is 13.2 Å². The molecular weight excluding hydrogens is 338 g/mol. The van der Waals surface area contributed by atoms with Crippen molar-refractivity contribution >= 4 is 21.7 Å². The number of aromatic nitrogens is 1. The number of hydrogen-bond acceptors (Lipinski definition) is 7. The molecule has 0 bridgehead atoms. The number of hydrogen-bond donors (Lipinski definition) is 2. The van der Waals surface area contributed by atoms with E-state index in [0.29, 0.717) is 17.3 Å². The average Bonchev–Trinajstić information content (AvgIpc) is 3.15. The SMILES string of the molecule is Cc1cc(NC(=O)CCNS(=O)(=O)c2ccc3c(c2)OCO3)no1. The van der Waals surface area contributed by atoms with Crippen molar-refractivity contribution in [1.29, 1.82) is 0 Å². The van der Waals surface area contributed by atoms with Crippen LogP contribution in [0.5, 0.6) is 11.5 Å². The summed E-state index contributed by atoms with van der Waals surface area (Å²) in [6.45, 7) is 1.70. The zero-order valence-electron chi connectivity index (χ0n) is 12.7. The van der Waals surface area contributed by atoms with Crippen molar-refractivity contribution in [3.63, 3.8) is 0 Å². The zero-order valence-corrected chi connectivity index (χ0v) is 13.6. The van der Waals surface area contributed by atoms with E-state index < -0.39 is 10.0 Å². The third-order valence-corrected chi connectivity index (χ3v) is 4.65. The maximum Gasteiger partial charge on any atom is 0.240 e. The molecular formula is C14H15N3O6S. The Labute approximate surface area is 138 Å². The lowest BCUT2D eigenvalue weighted by molar-refractivity contribution is -0.116. The first-order chi connectivity index (χ1) is 11.4. The third kappa shape index (κ3) is 3.66. The summed E-state index contributed by atoms with van der Waals surface area (Å²) in [5.74, 6) is 1.34. The lowest BCUT2D eigenvalue weighted by atomic mass is 10.3. The Kier molecular flexibility index (Phi) is 4.40. The van der Waals surface area contributed by atoms with Crippen LogP contribution in [-0.2, 0) is 14.8 Å². The number of aryl methyl sites for hydroxylation is 1. The topological polar surface area (TPSA) is 120 Å². The van der Waals surface area contributed by atoms with Crippen molar-refractivity contribution in [3.8, 4) is 11.5 Å². The van der Waals surface area contributed by atoms with Crippen LogP contribution in [0.4, 0.5) is 5.82 Å². The Hall–Kier alpha value is -2.59. The third-order valence-electron chi connectivity index (χ3n) is 3.19. The number of fused-ring (bicyclic) bond motifs is 1. The zero-order chi connectivity index (χ0) is 17.2. The molecule has 0 saturated carbocycles. The van der Waals surface area contributed by atoms with Crippen molar-refractivity contribution in [1.82, 2.24) is 9.88 Å². The lowest BCUT2D eigenvalue weighted by Crippen LogP contribution is -2.27. The number of carbonyl (C=O) groups is 1. The Balaban J connectivity index is 1.54. The van der Waals surface area contributed by atoms with E-state index in [4.69, 9.17) is 14.0 Å². The molecule has 9 nitrogen and oxygen atoms in total. The number of carbonyl (C=O) groups excluding carboxylic acids is 1. The van der Waals surface area contributed by atoms with Gasteiger partial charge in [0.25, 0.3) is 0 Å². The minimum Gasteiger partial charge on any atom is -0.454 e. The molecule has 10 heteroatoms. The molecule has 0 atom stereocenters. The molecule has 0 radical (unpaired) electrons. The number of ether oxygens (including phenoxy) is 2. The van der Waals surface area contributed by atoms with Gasteiger partial charge in [-0.25, -0.2) is 13.1 Å². The number of anilines is 1. The Bertz CT molecular complexity index is 861. The minimum atomic E-state index is -3.75. The van der Waals surface area contributed by atoms with E-state index in [-0.39, 0.29) is 36.4 Å². The standard InChI is InChI=1S/C14H15N3O6S/c1-9-6-13(17-23-9)16-14(18)4-5-15-24(19,20)10-2-3-11-12(7-10)22-8-21-11/h2-3,6-7,15H,4-5,8H2,1H3,(H,16,17,18). The summed E-state index contributed by atoms with van der Waals surface area (Å²) in [6.07, 6.45) is -0.0459. The van der Waals surface area contributed by atoms with Gasteiger partial charge in [0.15, 0.2) is 17.3 Å². The predicted molar refractivity (Wildman–Crippen MR) is 82.2 cm³/mol. The molecule has 1 aliphatic heterocycles. The van der Waals surface area contributed by atoms with Crippen LogP contribution in [0, 0.1) is 6.92 Å². The van der Waals surface area contributed by atoms with Crippen molar-refractivity contribution in [3.05, 3.63) is 30.0 Å². The van der Waals surface area contributed by atoms with Crippen LogP contribution in [0.3, 0.4) is 0 Å². The maximum absolute atomic E-state index is 12.2. The molecule has 2 N–H and O–H groups in total. The summed E-state index contributed by atoms with van der Waals surface area (Å²) in [4.78, 5) is 11.8. The summed E-state index contributed by atoms with van der Waals surface area (Å²) < 4.78 is 41.9. The van der Waals surface area contributed by atoms with Gasteiger partial charge < -0.3 is 19.3 Å². The molecule has 2 heterocycles. The second-order valence-electron chi connectivity index (χ2n) is 5.03. The molecule has 0 aliphatic carbocycles. The van der Waals surface area contributed by atoms with Crippen LogP contribution in [0.25, 0.3) is 0 Å². The van der Waals surface area contributed by atoms with Crippen LogP contribution >= 0.6 is 0 Å². The van der Waals surface area contributed by atoms with E-state index in [2.05, 4.69) is 15.2 Å². The fraction of sp³-hybridized carbons (Fsp3) is 0.286. The molecule has 24 heavy (non-hydrogen) atoms. The van der Waals surface area contributed by atoms with Crippen LogP contribution in [0.2, 0.25) is 0 Å². The smallest absolute Gasteiger partial charge is 0.240 e. The number of nitrogens with zero attached hydrogens (tertiary/aromatic N) is 1. The van der Waals surface area contributed by atoms with Crippen molar-refractivity contribution in [2.45, 2.75) is 18.2 Å². The van der Waals surface area contributed by atoms with Gasteiger partial charge in [-0.15, -0.1) is 0 Å². The van der Waals surface area contributed by atoms with Crippen LogP contribution < -0.4 is 19.5 Å². The summed E-state index contributed by atoms with van der Waals surface area (Å²) in [5.41, 5.74) is 0. The largest absolute Gasteiger partial charge is 0.454 e. The summed E-state index contributed by atoms with van der Waals surface area (Å²) in [5, 5.41) is 6.13. The fourth-order valence-corrected chi connectivity index (χ4v) is 3.10. The van der Waals surface area contributed by atoms with E-state index in [1.54, 1.807) is 13.0 Å². The van der Waals surface area contributed by atoms with Crippen LogP contribution in [-0.4, -0.2) is 32.8 Å². The van der Waals surface area contributed by atoms with Crippen molar-refractivity contribution < 1.29 is 27.2 Å². The molecule has 0 spiro atoms. The highest BCUT2D eigenvalue weighted by Gasteiger charge is 2.20. The monoisotopic (exact) mass is 353 g/mol. The second kappa shape index (κ2) is 6.49. The Morgan fingerprint density at radius 3 is 2.79 bits per heavy atom. The van der Waals surface area contributed by atoms with Gasteiger partial charge in [-0.3, -0.25) is 4.79 Å². The average molecular weight is 353 g/mol. The second-order valence-corrected chi connectivity index (χ2v) is 6.80. The highest BCUT2D eigenvalue weighted by Crippen LogP contribution is 2.33. The van der Waals surface area contributed by atoms with Gasteiger partial charge in [0, 0.05) is 25.1 Å². The van der Waals surface area contributed by atoms with Gasteiger partial charge in [-0.05, 0) is 19.1 Å². The molecule has 1 aromatic carbocycles. The number of benzene rings is 1. The van der Waals surface area contributed by atoms with E-state index >= 15 is 0 Å². The molecule has 128 valence electrons. The number of amides is 1. The van der Waals surface area contributed by atoms with Gasteiger partial charge in [-0.1, -0.05) is 5.16 Å². The van der Waals surface area contributed by atoms with Gasteiger partial charge >= 0.3 is 0 Å². The predicted octanol–water partition coefficient (Wildman–Crippen LogP) is 1.02. The number of rotatable bonds is 6. The maximum atomic E-state index is 12.2. The molecule has 1 amide bonds. The van der Waals surface area contributed by atoms with Crippen molar-refractivity contribution in [2.75, 3.05) is 18.7 Å². The Morgan fingerprint density at radius 1 is 1.25 bits per heavy atom. The van der Waals surface area contributed by atoms with Crippen molar-refractivity contribution in [2.24, 2.45) is 0 Å². The molecule has 2 aromatic rings. The van der Waals surface area contributed by atoms with Crippen LogP contribution in [0.1, 0.15) is 12.2 Å². The highest BCUT2D eigenvalue weighted by molar-refractivity contribution is 7.89. The molecule has 0 unspecified atom stereocenters. The summed E-state index contributed by atoms with van der Waals surface area (Å²) in [7, 11) is -3.75. The normalized spacial score (nSPS) is 13.0. The fourth-order valence-electron chi connectivity index (χ4n) is 2.06. The van der Waals surface area contributed by atoms with Gasteiger partial charge in [0.2, 0.25) is 22.7 Å². The molecule has 0 saturated heterocycles. The first kappa shape index (κ1) is 16.3. The minimum absolute atomic E-state index is 0.0410. The van der Waals surface area contributed by atoms with E-state index in [1.807, 2.05) is 0 Å². The highest BCUT2D eigenvalue weighted by atomic mass is 32.2. The lowest BCUT2D eigenvalue weighted by Gasteiger charge is -2.07. The first-order valence-corrected chi connectivity index (χ1v) is 8.55. The molecule has 1 aliphatic rings. The summed E-state index contributed by atoms with van der Waals surface area (Å²) in [6, 6.07) is 5.88. The van der Waals surface area contributed by atoms with Crippen LogP contribution in [0.15, 0.2) is 33.7 Å². The van der Waals surface area contributed by atoms with Gasteiger partial charge in [0.05, 0.1) is 4.90 Å². The van der Waals surface area contributed by atoms with E-state index in [1.165, 1.54) is 18.2 Å². The van der Waals surface area contributed by atoms with Gasteiger partial charge in [-0.2, -0.15) is 0 Å². The summed E-state index contributed by atoms with van der Waals surface area (Å²) >= 11 is 0. The quantitative estimate of drug-likeness (QED) is 0.795. The Morgan fingerprint density at radius 2 is 2.04 bits per heavy atom. The number of sulfonamides is 1. The molecule has 1 aromatic heterocycles. The molecule has 0 fully saturated rings.